The normalized spacial score (nSPS) is 14.8. The van der Waals surface area contributed by atoms with E-state index >= 15 is 0 Å². The summed E-state index contributed by atoms with van der Waals surface area (Å²) in [6, 6.07) is 18.1. The summed E-state index contributed by atoms with van der Waals surface area (Å²) in [5, 5.41) is 21.6. The molecular formula is C29H22IN3O7S. The maximum absolute atomic E-state index is 14.0. The molecular weight excluding hydrogens is 661 g/mol. The van der Waals surface area contributed by atoms with Gasteiger partial charge in [0.2, 0.25) is 5.75 Å². The highest BCUT2D eigenvalue weighted by Crippen LogP contribution is 2.36. The first-order valence-corrected chi connectivity index (χ1v) is 14.2. The molecule has 5 rings (SSSR count). The van der Waals surface area contributed by atoms with E-state index in [0.29, 0.717) is 32.9 Å². The summed E-state index contributed by atoms with van der Waals surface area (Å²) >= 11 is 2.89. The number of aromatic nitrogens is 1. The number of ether oxygens (including phenoxy) is 2. The molecule has 0 fully saturated rings. The standard InChI is InChI=1S/C29H22IN3O7S/c1-3-40-28(36)23-24(17-7-5-4-6-8-17)31-29-32(25(23)18-9-11-19(39-2)12-10-18)27(35)22(41-29)15-16-13-20(30)26(34)21(14-16)33(37)38/h4-15,25,34H,3H2,1-2H3/b22-15-/t25-/m0/s1. The Bertz CT molecular complexity index is 1880. The molecule has 0 unspecified atom stereocenters. The molecule has 2 heterocycles. The van der Waals surface area contributed by atoms with E-state index in [1.807, 2.05) is 30.3 Å². The second kappa shape index (κ2) is 11.7. The Hall–Kier alpha value is -4.30. The van der Waals surface area contributed by atoms with Crippen LogP contribution in [0.3, 0.4) is 0 Å². The Kier molecular flexibility index (Phi) is 8.03. The van der Waals surface area contributed by atoms with Crippen LogP contribution >= 0.6 is 33.9 Å². The third kappa shape index (κ3) is 5.39. The minimum absolute atomic E-state index is 0.127. The van der Waals surface area contributed by atoms with Gasteiger partial charge in [0.15, 0.2) is 4.80 Å². The Morgan fingerprint density at radius 3 is 2.54 bits per heavy atom. The topological polar surface area (TPSA) is 133 Å². The maximum Gasteiger partial charge on any atom is 0.338 e. The highest BCUT2D eigenvalue weighted by molar-refractivity contribution is 14.1. The van der Waals surface area contributed by atoms with Crippen LogP contribution in [0, 0.1) is 13.7 Å². The molecule has 1 aromatic heterocycles. The molecule has 3 aromatic carbocycles. The molecule has 0 amide bonds. The monoisotopic (exact) mass is 683 g/mol. The third-order valence-corrected chi connectivity index (χ3v) is 8.17. The highest BCUT2D eigenvalue weighted by Gasteiger charge is 2.35. The lowest BCUT2D eigenvalue weighted by Gasteiger charge is -2.26. The van der Waals surface area contributed by atoms with Crippen LogP contribution in [0.5, 0.6) is 11.5 Å². The van der Waals surface area contributed by atoms with Crippen molar-refractivity contribution >= 4 is 57.4 Å². The van der Waals surface area contributed by atoms with Gasteiger partial charge in [-0.2, -0.15) is 0 Å². The molecule has 1 atom stereocenters. The van der Waals surface area contributed by atoms with Gasteiger partial charge in [0.1, 0.15) is 5.75 Å². The number of hydrogen-bond acceptors (Lipinski definition) is 9. The van der Waals surface area contributed by atoms with Gasteiger partial charge < -0.3 is 14.6 Å². The van der Waals surface area contributed by atoms with Crippen molar-refractivity contribution in [2.45, 2.75) is 13.0 Å². The molecule has 12 heteroatoms. The molecule has 0 saturated carbocycles. The first-order valence-electron chi connectivity index (χ1n) is 12.3. The molecule has 10 nitrogen and oxygen atoms in total. The molecule has 0 bridgehead atoms. The van der Waals surface area contributed by atoms with Crippen LogP contribution in [0.1, 0.15) is 29.7 Å². The highest BCUT2D eigenvalue weighted by atomic mass is 127. The van der Waals surface area contributed by atoms with Gasteiger partial charge in [-0.05, 0) is 64.9 Å². The van der Waals surface area contributed by atoms with Crippen LogP contribution in [0.15, 0.2) is 82.1 Å². The number of phenols is 1. The summed E-state index contributed by atoms with van der Waals surface area (Å²) < 4.78 is 12.7. The number of hydrogen-bond donors (Lipinski definition) is 1. The van der Waals surface area contributed by atoms with Gasteiger partial charge in [0.25, 0.3) is 5.56 Å². The van der Waals surface area contributed by atoms with Crippen LogP contribution in [0.4, 0.5) is 5.69 Å². The van der Waals surface area contributed by atoms with E-state index < -0.39 is 33.9 Å². The average molecular weight is 683 g/mol. The number of nitro groups is 1. The van der Waals surface area contributed by atoms with Crippen LogP contribution in [-0.4, -0.2) is 34.3 Å². The van der Waals surface area contributed by atoms with E-state index in [9.17, 15) is 24.8 Å². The number of esters is 1. The lowest BCUT2D eigenvalue weighted by molar-refractivity contribution is -0.386. The lowest BCUT2D eigenvalue weighted by atomic mass is 9.93. The molecule has 0 radical (unpaired) electrons. The van der Waals surface area contributed by atoms with Crippen molar-refractivity contribution in [3.63, 3.8) is 0 Å². The molecule has 0 saturated heterocycles. The number of benzene rings is 3. The quantitative estimate of drug-likeness (QED) is 0.134. The van der Waals surface area contributed by atoms with Gasteiger partial charge in [-0.3, -0.25) is 19.5 Å². The van der Waals surface area contributed by atoms with Crippen molar-refractivity contribution in [1.29, 1.82) is 0 Å². The largest absolute Gasteiger partial charge is 0.501 e. The first-order chi connectivity index (χ1) is 19.7. The molecule has 0 spiro atoms. The van der Waals surface area contributed by atoms with Gasteiger partial charge in [-0.1, -0.05) is 53.8 Å². The van der Waals surface area contributed by atoms with Crippen molar-refractivity contribution < 1.29 is 24.3 Å². The predicted octanol–water partition coefficient (Wildman–Crippen LogP) is 4.16. The fraction of sp³-hybridized carbons (Fsp3) is 0.138. The second-order valence-corrected chi connectivity index (χ2v) is 11.0. The van der Waals surface area contributed by atoms with E-state index in [2.05, 4.69) is 0 Å². The summed E-state index contributed by atoms with van der Waals surface area (Å²) in [5.41, 5.74) is 1.36. The molecule has 1 aliphatic heterocycles. The van der Waals surface area contributed by atoms with Crippen molar-refractivity contribution in [1.82, 2.24) is 4.57 Å². The van der Waals surface area contributed by atoms with E-state index in [1.165, 1.54) is 16.7 Å². The summed E-state index contributed by atoms with van der Waals surface area (Å²) in [4.78, 5) is 43.4. The smallest absolute Gasteiger partial charge is 0.338 e. The number of phenolic OH excluding ortho intramolecular Hbond substituents is 1. The number of aromatic hydroxyl groups is 1. The van der Waals surface area contributed by atoms with E-state index in [1.54, 1.807) is 67.0 Å². The van der Waals surface area contributed by atoms with Gasteiger partial charge in [0.05, 0.1) is 44.1 Å². The molecule has 0 aliphatic carbocycles. The fourth-order valence-electron chi connectivity index (χ4n) is 4.52. The SMILES string of the molecule is CCOC(=O)C1=C(c2ccccc2)N=c2s/c(=C\c3cc(I)c(O)c([N+](=O)[O-])c3)c(=O)n2[C@H]1c1ccc(OC)cc1. The van der Waals surface area contributed by atoms with Crippen molar-refractivity contribution in [2.75, 3.05) is 13.7 Å². The van der Waals surface area contributed by atoms with Gasteiger partial charge in [0, 0.05) is 11.6 Å². The van der Waals surface area contributed by atoms with Crippen molar-refractivity contribution in [3.8, 4) is 11.5 Å². The molecule has 208 valence electrons. The first kappa shape index (κ1) is 28.2. The minimum atomic E-state index is -0.872. The Labute approximate surface area is 250 Å². The number of rotatable bonds is 7. The number of fused-ring (bicyclic) bond motifs is 1. The van der Waals surface area contributed by atoms with Crippen LogP contribution < -0.4 is 19.6 Å². The summed E-state index contributed by atoms with van der Waals surface area (Å²) in [6.45, 7) is 1.83. The number of thiazole rings is 1. The lowest BCUT2D eigenvalue weighted by Crippen LogP contribution is -2.40. The Balaban J connectivity index is 1.82. The van der Waals surface area contributed by atoms with Crippen LogP contribution in [0.2, 0.25) is 0 Å². The van der Waals surface area contributed by atoms with E-state index in [0.717, 1.165) is 11.3 Å². The maximum atomic E-state index is 14.0. The number of nitrogens with zero attached hydrogens (tertiary/aromatic N) is 3. The zero-order valence-corrected chi connectivity index (χ0v) is 24.7. The Morgan fingerprint density at radius 1 is 1.20 bits per heavy atom. The zero-order chi connectivity index (χ0) is 29.3. The van der Waals surface area contributed by atoms with E-state index in [-0.39, 0.29) is 20.3 Å². The summed E-state index contributed by atoms with van der Waals surface area (Å²) in [7, 11) is 1.55. The average Bonchev–Trinajstić information content (AvgIpc) is 3.28. The number of halogens is 1. The molecule has 41 heavy (non-hydrogen) atoms. The Morgan fingerprint density at radius 2 is 1.90 bits per heavy atom. The number of methoxy groups -OCH3 is 1. The van der Waals surface area contributed by atoms with Crippen LogP contribution in [0.25, 0.3) is 11.8 Å². The predicted molar refractivity (Wildman–Crippen MR) is 162 cm³/mol. The van der Waals surface area contributed by atoms with Gasteiger partial charge in [-0.15, -0.1) is 0 Å². The summed E-state index contributed by atoms with van der Waals surface area (Å²) in [6.07, 6.45) is 1.51. The summed E-state index contributed by atoms with van der Waals surface area (Å²) in [5.74, 6) is -0.441. The number of carbonyl (C=O) groups excluding carboxylic acids is 1. The number of nitro benzene ring substituents is 1. The number of carbonyl (C=O) groups is 1. The third-order valence-electron chi connectivity index (χ3n) is 6.37. The molecule has 4 aromatic rings. The molecule has 1 N–H and O–H groups in total. The molecule has 1 aliphatic rings. The fourth-order valence-corrected chi connectivity index (χ4v) is 6.16. The van der Waals surface area contributed by atoms with Crippen molar-refractivity contribution in [2.24, 2.45) is 4.99 Å². The van der Waals surface area contributed by atoms with Gasteiger partial charge >= 0.3 is 11.7 Å². The van der Waals surface area contributed by atoms with E-state index in [4.69, 9.17) is 14.5 Å². The van der Waals surface area contributed by atoms with Crippen molar-refractivity contribution in [3.05, 3.63) is 122 Å². The second-order valence-electron chi connectivity index (χ2n) is 8.83. The van der Waals surface area contributed by atoms with Gasteiger partial charge in [-0.25, -0.2) is 9.79 Å². The van der Waals surface area contributed by atoms with Crippen LogP contribution in [-0.2, 0) is 9.53 Å². The zero-order valence-electron chi connectivity index (χ0n) is 21.7. The minimum Gasteiger partial charge on any atom is -0.501 e.